The average Bonchev–Trinajstić information content (AvgIpc) is 3.36. The summed E-state index contributed by atoms with van der Waals surface area (Å²) in [5.41, 5.74) is 2.30. The van der Waals surface area contributed by atoms with Gasteiger partial charge in [0.1, 0.15) is 5.69 Å². The van der Waals surface area contributed by atoms with E-state index in [1.807, 2.05) is 6.07 Å². The van der Waals surface area contributed by atoms with Crippen LogP contribution in [0.15, 0.2) is 47.2 Å². The van der Waals surface area contributed by atoms with Gasteiger partial charge in [0, 0.05) is 17.5 Å². The number of ketones is 1. The van der Waals surface area contributed by atoms with Crippen LogP contribution in [0.4, 0.5) is 0 Å². The van der Waals surface area contributed by atoms with Crippen LogP contribution in [0.3, 0.4) is 0 Å². The van der Waals surface area contributed by atoms with Crippen molar-refractivity contribution < 1.29 is 23.5 Å². The van der Waals surface area contributed by atoms with Crippen molar-refractivity contribution in [3.05, 3.63) is 76.8 Å². The lowest BCUT2D eigenvalue weighted by Crippen LogP contribution is -2.35. The van der Waals surface area contributed by atoms with Gasteiger partial charge in [0.25, 0.3) is 5.91 Å². The fourth-order valence-electron chi connectivity index (χ4n) is 3.27. The molecule has 0 saturated carbocycles. The Labute approximate surface area is 173 Å². The highest BCUT2D eigenvalue weighted by molar-refractivity contribution is 6.05. The molecule has 0 atom stereocenters. The Hall–Kier alpha value is -3.68. The molecule has 8 nitrogen and oxygen atoms in total. The summed E-state index contributed by atoms with van der Waals surface area (Å²) >= 11 is 0. The van der Waals surface area contributed by atoms with Crippen LogP contribution in [0.2, 0.25) is 0 Å². The first-order valence-corrected chi connectivity index (χ1v) is 9.54. The molecule has 0 unspecified atom stereocenters. The van der Waals surface area contributed by atoms with E-state index in [-0.39, 0.29) is 36.9 Å². The number of aromatic nitrogens is 2. The molecule has 0 aliphatic rings. The topological polar surface area (TPSA) is 106 Å². The minimum Gasteiger partial charge on any atom is -0.461 e. The summed E-state index contributed by atoms with van der Waals surface area (Å²) in [6, 6.07) is 8.52. The molecule has 30 heavy (non-hydrogen) atoms. The van der Waals surface area contributed by atoms with Crippen LogP contribution >= 0.6 is 0 Å². The van der Waals surface area contributed by atoms with Gasteiger partial charge in [-0.2, -0.15) is 0 Å². The highest BCUT2D eigenvalue weighted by atomic mass is 16.5. The van der Waals surface area contributed by atoms with E-state index in [9.17, 15) is 14.4 Å². The molecule has 3 aromatic heterocycles. The van der Waals surface area contributed by atoms with Crippen molar-refractivity contribution >= 4 is 17.7 Å². The Morgan fingerprint density at radius 3 is 2.60 bits per heavy atom. The number of nitrogens with one attached hydrogen (secondary N) is 1. The van der Waals surface area contributed by atoms with Crippen LogP contribution in [0.1, 0.15) is 55.3 Å². The maximum Gasteiger partial charge on any atom is 0.355 e. The molecule has 0 radical (unpaired) electrons. The third-order valence-electron chi connectivity index (χ3n) is 4.63. The second kappa shape index (κ2) is 9.21. The second-order valence-corrected chi connectivity index (χ2v) is 6.73. The highest BCUT2D eigenvalue weighted by Gasteiger charge is 2.27. The summed E-state index contributed by atoms with van der Waals surface area (Å²) in [6.07, 6.45) is 3.03. The van der Waals surface area contributed by atoms with Gasteiger partial charge >= 0.3 is 5.97 Å². The van der Waals surface area contributed by atoms with E-state index in [2.05, 4.69) is 9.97 Å². The number of hydrogen-bond donors (Lipinski definition) is 1. The number of carbonyl (C=O) groups is 3. The van der Waals surface area contributed by atoms with Crippen LogP contribution in [0.5, 0.6) is 0 Å². The number of carbonyl (C=O) groups excluding carboxylic acids is 3. The van der Waals surface area contributed by atoms with Gasteiger partial charge in [-0.1, -0.05) is 6.07 Å². The summed E-state index contributed by atoms with van der Waals surface area (Å²) in [5.74, 6) is -1.11. The molecule has 1 N–H and O–H groups in total. The number of rotatable bonds is 8. The number of aryl methyl sites for hydroxylation is 1. The predicted octanol–water partition coefficient (Wildman–Crippen LogP) is 3.32. The third-order valence-corrected chi connectivity index (χ3v) is 4.63. The third kappa shape index (κ3) is 4.48. The van der Waals surface area contributed by atoms with Gasteiger partial charge in [0.15, 0.2) is 11.5 Å². The van der Waals surface area contributed by atoms with E-state index in [1.54, 1.807) is 51.2 Å². The van der Waals surface area contributed by atoms with Gasteiger partial charge in [-0.15, -0.1) is 0 Å². The van der Waals surface area contributed by atoms with Gasteiger partial charge < -0.3 is 19.0 Å². The van der Waals surface area contributed by atoms with E-state index in [0.717, 1.165) is 0 Å². The van der Waals surface area contributed by atoms with Gasteiger partial charge in [-0.3, -0.25) is 14.6 Å². The standard InChI is InChI=1S/C22H23N3O5/c1-4-29-22(28)20-14(2)19(15(3)24-20)17(26)13-25(12-16-8-5-6-10-23-16)21(27)18-9-7-11-30-18/h5-11,24H,4,12-13H2,1-3H3. The van der Waals surface area contributed by atoms with E-state index in [0.29, 0.717) is 22.5 Å². The first kappa shape index (κ1) is 21.0. The van der Waals surface area contributed by atoms with Crippen LogP contribution in [0, 0.1) is 13.8 Å². The van der Waals surface area contributed by atoms with Crippen molar-refractivity contribution in [3.63, 3.8) is 0 Å². The van der Waals surface area contributed by atoms with Crippen molar-refractivity contribution in [3.8, 4) is 0 Å². The first-order chi connectivity index (χ1) is 14.4. The molecule has 0 aromatic carbocycles. The van der Waals surface area contributed by atoms with Crippen LogP contribution in [0.25, 0.3) is 0 Å². The number of amides is 1. The molecule has 156 valence electrons. The van der Waals surface area contributed by atoms with Crippen molar-refractivity contribution in [1.82, 2.24) is 14.9 Å². The number of esters is 1. The summed E-state index contributed by atoms with van der Waals surface area (Å²) in [7, 11) is 0. The van der Waals surface area contributed by atoms with E-state index in [4.69, 9.17) is 9.15 Å². The van der Waals surface area contributed by atoms with E-state index < -0.39 is 11.9 Å². The molecule has 3 aromatic rings. The van der Waals surface area contributed by atoms with Crippen LogP contribution in [-0.2, 0) is 11.3 Å². The Bertz CT molecular complexity index is 1040. The lowest BCUT2D eigenvalue weighted by molar-refractivity contribution is 0.0519. The molecule has 1 amide bonds. The smallest absolute Gasteiger partial charge is 0.355 e. The summed E-state index contributed by atoms with van der Waals surface area (Å²) in [5, 5.41) is 0. The number of H-pyrrole nitrogens is 1. The SMILES string of the molecule is CCOC(=O)c1[nH]c(C)c(C(=O)CN(Cc2ccccn2)C(=O)c2ccco2)c1C. The Balaban J connectivity index is 1.88. The zero-order valence-corrected chi connectivity index (χ0v) is 17.1. The zero-order valence-electron chi connectivity index (χ0n) is 17.1. The molecule has 0 bridgehead atoms. The number of hydrogen-bond acceptors (Lipinski definition) is 6. The average molecular weight is 409 g/mol. The lowest BCUT2D eigenvalue weighted by atomic mass is 10.0. The quantitative estimate of drug-likeness (QED) is 0.452. The molecule has 3 rings (SSSR count). The number of ether oxygens (including phenoxy) is 1. The monoisotopic (exact) mass is 409 g/mol. The van der Waals surface area contributed by atoms with Crippen molar-refractivity contribution in [2.24, 2.45) is 0 Å². The fraction of sp³-hybridized carbons (Fsp3) is 0.273. The second-order valence-electron chi connectivity index (χ2n) is 6.73. The minimum absolute atomic E-state index is 0.133. The van der Waals surface area contributed by atoms with Crippen molar-refractivity contribution in [2.45, 2.75) is 27.3 Å². The zero-order chi connectivity index (χ0) is 21.7. The summed E-state index contributed by atoms with van der Waals surface area (Å²) in [4.78, 5) is 46.7. The highest BCUT2D eigenvalue weighted by Crippen LogP contribution is 2.21. The molecule has 0 aliphatic heterocycles. The minimum atomic E-state index is -0.519. The summed E-state index contributed by atoms with van der Waals surface area (Å²) < 4.78 is 10.3. The number of pyridine rings is 1. The lowest BCUT2D eigenvalue weighted by Gasteiger charge is -2.21. The molecule has 0 saturated heterocycles. The van der Waals surface area contributed by atoms with Gasteiger partial charge in [-0.25, -0.2) is 4.79 Å². The number of nitrogens with zero attached hydrogens (tertiary/aromatic N) is 2. The maximum atomic E-state index is 13.1. The van der Waals surface area contributed by atoms with E-state index >= 15 is 0 Å². The fourth-order valence-corrected chi connectivity index (χ4v) is 3.27. The van der Waals surface area contributed by atoms with Crippen LogP contribution < -0.4 is 0 Å². The molecule has 0 fully saturated rings. The van der Waals surface area contributed by atoms with Gasteiger partial charge in [-0.05, 0) is 50.6 Å². The van der Waals surface area contributed by atoms with Crippen molar-refractivity contribution in [2.75, 3.05) is 13.2 Å². The van der Waals surface area contributed by atoms with Crippen LogP contribution in [-0.4, -0.2) is 45.7 Å². The molecule has 8 heteroatoms. The molecule has 3 heterocycles. The predicted molar refractivity (Wildman–Crippen MR) is 108 cm³/mol. The Morgan fingerprint density at radius 2 is 1.97 bits per heavy atom. The van der Waals surface area contributed by atoms with Gasteiger partial charge in [0.05, 0.1) is 31.7 Å². The number of Topliss-reactive ketones (excluding diaryl/α,β-unsaturated/α-hetero) is 1. The largest absolute Gasteiger partial charge is 0.461 e. The molecular formula is C22H23N3O5. The molecule has 0 aliphatic carbocycles. The van der Waals surface area contributed by atoms with E-state index in [1.165, 1.54) is 11.2 Å². The number of furan rings is 1. The summed E-state index contributed by atoms with van der Waals surface area (Å²) in [6.45, 7) is 5.28. The first-order valence-electron chi connectivity index (χ1n) is 9.54. The number of aromatic amines is 1. The Kier molecular flexibility index (Phi) is 6.46. The molecular weight excluding hydrogens is 386 g/mol. The van der Waals surface area contributed by atoms with Crippen molar-refractivity contribution in [1.29, 1.82) is 0 Å². The maximum absolute atomic E-state index is 13.1. The van der Waals surface area contributed by atoms with Gasteiger partial charge in [0.2, 0.25) is 0 Å². The molecule has 0 spiro atoms. The normalized spacial score (nSPS) is 10.6. The Morgan fingerprint density at radius 1 is 1.17 bits per heavy atom.